The van der Waals surface area contributed by atoms with Crippen LogP contribution in [0.2, 0.25) is 5.02 Å². The lowest BCUT2D eigenvalue weighted by Crippen LogP contribution is -1.98. The van der Waals surface area contributed by atoms with Crippen molar-refractivity contribution >= 4 is 44.2 Å². The summed E-state index contributed by atoms with van der Waals surface area (Å²) in [6.45, 7) is 0.703. The number of halogens is 2. The predicted octanol–water partition coefficient (Wildman–Crippen LogP) is 5.46. The van der Waals surface area contributed by atoms with Crippen LogP contribution in [0.1, 0.15) is 5.56 Å². The molecule has 1 N–H and O–H groups in total. The second kappa shape index (κ2) is 5.27. The second-order valence-corrected chi connectivity index (χ2v) is 5.50. The van der Waals surface area contributed by atoms with Crippen LogP contribution in [0.15, 0.2) is 57.6 Å². The van der Waals surface area contributed by atoms with E-state index in [-0.39, 0.29) is 0 Å². The predicted molar refractivity (Wildman–Crippen MR) is 82.7 cm³/mol. The number of nitrogens with one attached hydrogen (secondary N) is 1. The number of benzene rings is 2. The van der Waals surface area contributed by atoms with Gasteiger partial charge in [0.15, 0.2) is 0 Å². The van der Waals surface area contributed by atoms with Gasteiger partial charge in [-0.3, -0.25) is 0 Å². The van der Waals surface area contributed by atoms with Crippen molar-refractivity contribution in [1.82, 2.24) is 0 Å². The number of hydrogen-bond donors (Lipinski definition) is 1. The third-order valence-corrected chi connectivity index (χ3v) is 4.20. The molecule has 3 rings (SSSR count). The summed E-state index contributed by atoms with van der Waals surface area (Å²) in [5.74, 6) is 0. The molecule has 0 aliphatic heterocycles. The zero-order valence-electron chi connectivity index (χ0n) is 9.99. The highest BCUT2D eigenvalue weighted by molar-refractivity contribution is 9.10. The van der Waals surface area contributed by atoms with Crippen molar-refractivity contribution < 1.29 is 4.42 Å². The quantitative estimate of drug-likeness (QED) is 0.687. The highest BCUT2D eigenvalue weighted by Gasteiger charge is 2.05. The first-order valence-electron chi connectivity index (χ1n) is 5.88. The normalized spacial score (nSPS) is 10.8. The van der Waals surface area contributed by atoms with Gasteiger partial charge < -0.3 is 9.73 Å². The molecule has 0 fully saturated rings. The van der Waals surface area contributed by atoms with Crippen molar-refractivity contribution in [3.63, 3.8) is 0 Å². The summed E-state index contributed by atoms with van der Waals surface area (Å²) in [6.07, 6.45) is 1.79. The van der Waals surface area contributed by atoms with Crippen LogP contribution in [0.5, 0.6) is 0 Å². The Hall–Kier alpha value is -1.45. The Balaban J connectivity index is 1.80. The molecule has 2 aromatic carbocycles. The minimum Gasteiger partial charge on any atom is -0.464 e. The molecule has 0 spiro atoms. The number of fused-ring (bicyclic) bond motifs is 1. The van der Waals surface area contributed by atoms with Gasteiger partial charge >= 0.3 is 0 Å². The maximum absolute atomic E-state index is 6.06. The first-order valence-corrected chi connectivity index (χ1v) is 7.05. The zero-order chi connectivity index (χ0) is 13.2. The summed E-state index contributed by atoms with van der Waals surface area (Å²) < 4.78 is 6.40. The minimum absolute atomic E-state index is 0.696. The highest BCUT2D eigenvalue weighted by atomic mass is 79.9. The van der Waals surface area contributed by atoms with E-state index in [1.165, 1.54) is 0 Å². The summed E-state index contributed by atoms with van der Waals surface area (Å²) in [5, 5.41) is 5.18. The topological polar surface area (TPSA) is 25.2 Å². The summed E-state index contributed by atoms with van der Waals surface area (Å²) in [4.78, 5) is 0. The van der Waals surface area contributed by atoms with Crippen LogP contribution in [0.4, 0.5) is 5.69 Å². The molecule has 0 aliphatic rings. The molecule has 2 nitrogen and oxygen atoms in total. The molecule has 96 valence electrons. The van der Waals surface area contributed by atoms with Crippen LogP contribution >= 0.6 is 27.5 Å². The Morgan fingerprint density at radius 1 is 1.16 bits per heavy atom. The number of furan rings is 1. The molecule has 1 heterocycles. The largest absolute Gasteiger partial charge is 0.464 e. The van der Waals surface area contributed by atoms with Crippen LogP contribution in [0.3, 0.4) is 0 Å². The average Bonchev–Trinajstić information content (AvgIpc) is 2.83. The summed E-state index contributed by atoms with van der Waals surface area (Å²) in [6, 6.07) is 13.8. The van der Waals surface area contributed by atoms with Crippen molar-refractivity contribution in [2.75, 3.05) is 5.32 Å². The van der Waals surface area contributed by atoms with Gasteiger partial charge in [0, 0.05) is 27.7 Å². The highest BCUT2D eigenvalue weighted by Crippen LogP contribution is 2.26. The Labute approximate surface area is 124 Å². The Morgan fingerprint density at radius 3 is 2.84 bits per heavy atom. The number of anilines is 1. The molecule has 3 aromatic rings. The van der Waals surface area contributed by atoms with Gasteiger partial charge in [0.25, 0.3) is 0 Å². The van der Waals surface area contributed by atoms with Crippen LogP contribution in [-0.2, 0) is 6.54 Å². The molecule has 0 unspecified atom stereocenters. The first-order chi connectivity index (χ1) is 9.24. The molecule has 0 radical (unpaired) electrons. The molecule has 0 saturated heterocycles. The standard InChI is InChI=1S/C15H11BrClNO/c16-13-6-5-11(7-14(13)17)18-8-10-9-19-15-4-2-1-3-12(10)15/h1-7,9,18H,8H2. The lowest BCUT2D eigenvalue weighted by molar-refractivity contribution is 0.611. The second-order valence-electron chi connectivity index (χ2n) is 4.24. The van der Waals surface area contributed by atoms with E-state index < -0.39 is 0 Å². The van der Waals surface area contributed by atoms with Gasteiger partial charge in [0.2, 0.25) is 0 Å². The van der Waals surface area contributed by atoms with E-state index >= 15 is 0 Å². The van der Waals surface area contributed by atoms with Crippen LogP contribution in [0, 0.1) is 0 Å². The van der Waals surface area contributed by atoms with Crippen LogP contribution in [0.25, 0.3) is 11.0 Å². The van der Waals surface area contributed by atoms with Gasteiger partial charge in [-0.2, -0.15) is 0 Å². The Bertz CT molecular complexity index is 723. The average molecular weight is 337 g/mol. The number of hydrogen-bond acceptors (Lipinski definition) is 2. The molecule has 0 aliphatic carbocycles. The molecule has 0 atom stereocenters. The third kappa shape index (κ3) is 2.62. The van der Waals surface area contributed by atoms with Crippen molar-refractivity contribution in [2.45, 2.75) is 6.54 Å². The molecular weight excluding hydrogens is 326 g/mol. The molecule has 0 saturated carbocycles. The van der Waals surface area contributed by atoms with Gasteiger partial charge in [-0.1, -0.05) is 29.8 Å². The molecule has 19 heavy (non-hydrogen) atoms. The summed E-state index contributed by atoms with van der Waals surface area (Å²) in [7, 11) is 0. The van der Waals surface area contributed by atoms with Gasteiger partial charge in [-0.15, -0.1) is 0 Å². The van der Waals surface area contributed by atoms with E-state index in [2.05, 4.69) is 27.3 Å². The number of rotatable bonds is 3. The van der Waals surface area contributed by atoms with Crippen molar-refractivity contribution in [2.24, 2.45) is 0 Å². The smallest absolute Gasteiger partial charge is 0.134 e. The fourth-order valence-electron chi connectivity index (χ4n) is 1.97. The van der Waals surface area contributed by atoms with Gasteiger partial charge in [-0.25, -0.2) is 0 Å². The lowest BCUT2D eigenvalue weighted by Gasteiger charge is -2.06. The fourth-order valence-corrected chi connectivity index (χ4v) is 2.40. The first kappa shape index (κ1) is 12.6. The van der Waals surface area contributed by atoms with Crippen molar-refractivity contribution in [3.8, 4) is 0 Å². The molecule has 1 aromatic heterocycles. The zero-order valence-corrected chi connectivity index (χ0v) is 12.3. The van der Waals surface area contributed by atoms with Gasteiger partial charge in [0.05, 0.1) is 11.3 Å². The lowest BCUT2D eigenvalue weighted by atomic mass is 10.2. The summed E-state index contributed by atoms with van der Waals surface area (Å²) in [5.41, 5.74) is 3.03. The third-order valence-electron chi connectivity index (χ3n) is 2.96. The van der Waals surface area contributed by atoms with Gasteiger partial charge in [0.1, 0.15) is 5.58 Å². The van der Waals surface area contributed by atoms with Crippen molar-refractivity contribution in [3.05, 3.63) is 63.8 Å². The Morgan fingerprint density at radius 2 is 2.00 bits per heavy atom. The monoisotopic (exact) mass is 335 g/mol. The van der Waals surface area contributed by atoms with E-state index in [4.69, 9.17) is 16.0 Å². The number of para-hydroxylation sites is 1. The SMILES string of the molecule is Clc1cc(NCc2coc3ccccc23)ccc1Br. The molecule has 0 amide bonds. The van der Waals surface area contributed by atoms with Crippen LogP contribution in [-0.4, -0.2) is 0 Å². The maximum Gasteiger partial charge on any atom is 0.134 e. The van der Waals surface area contributed by atoms with E-state index in [1.54, 1.807) is 6.26 Å². The van der Waals surface area contributed by atoms with E-state index in [9.17, 15) is 0 Å². The molecule has 0 bridgehead atoms. The van der Waals surface area contributed by atoms with E-state index in [1.807, 2.05) is 36.4 Å². The molecular formula is C15H11BrClNO. The summed E-state index contributed by atoms with van der Waals surface area (Å²) >= 11 is 9.44. The Kier molecular flexibility index (Phi) is 3.49. The minimum atomic E-state index is 0.696. The maximum atomic E-state index is 6.06. The van der Waals surface area contributed by atoms with Gasteiger partial charge in [-0.05, 0) is 40.2 Å². The van der Waals surface area contributed by atoms with Crippen LogP contribution < -0.4 is 5.32 Å². The van der Waals surface area contributed by atoms with E-state index in [0.29, 0.717) is 11.6 Å². The molecule has 4 heteroatoms. The fraction of sp³-hybridized carbons (Fsp3) is 0.0667. The van der Waals surface area contributed by atoms with E-state index in [0.717, 1.165) is 26.7 Å². The van der Waals surface area contributed by atoms with Crippen molar-refractivity contribution in [1.29, 1.82) is 0 Å².